The fourth-order valence-electron chi connectivity index (χ4n) is 2.63. The van der Waals surface area contributed by atoms with Gasteiger partial charge in [-0.1, -0.05) is 22.9 Å². The molecule has 5 heteroatoms. The fourth-order valence-corrected chi connectivity index (χ4v) is 3.01. The standard InChI is InChI=1S/C14H21BrN2O2/c1-2-13(12-7-10(15)3-4-14(12)18)17-5-6-19-11(8-16)9-17/h3-4,7,11,13,18H,2,5-6,8-9,16H2,1H3. The van der Waals surface area contributed by atoms with E-state index in [0.29, 0.717) is 18.9 Å². The van der Waals surface area contributed by atoms with Crippen LogP contribution in [0.25, 0.3) is 0 Å². The molecule has 106 valence electrons. The summed E-state index contributed by atoms with van der Waals surface area (Å²) in [5.41, 5.74) is 6.66. The molecule has 0 aromatic heterocycles. The molecule has 0 saturated carbocycles. The number of rotatable bonds is 4. The molecule has 4 nitrogen and oxygen atoms in total. The number of aromatic hydroxyl groups is 1. The van der Waals surface area contributed by atoms with Crippen LogP contribution in [0, 0.1) is 0 Å². The van der Waals surface area contributed by atoms with Crippen LogP contribution in [0.4, 0.5) is 0 Å². The number of phenols is 1. The van der Waals surface area contributed by atoms with Gasteiger partial charge in [0.1, 0.15) is 5.75 Å². The largest absolute Gasteiger partial charge is 0.508 e. The van der Waals surface area contributed by atoms with E-state index >= 15 is 0 Å². The van der Waals surface area contributed by atoms with Crippen molar-refractivity contribution in [2.45, 2.75) is 25.5 Å². The lowest BCUT2D eigenvalue weighted by Gasteiger charge is -2.38. The highest BCUT2D eigenvalue weighted by Crippen LogP contribution is 2.34. The van der Waals surface area contributed by atoms with Crippen molar-refractivity contribution in [3.05, 3.63) is 28.2 Å². The van der Waals surface area contributed by atoms with Gasteiger partial charge in [-0.2, -0.15) is 0 Å². The van der Waals surface area contributed by atoms with Crippen LogP contribution in [0.3, 0.4) is 0 Å². The quantitative estimate of drug-likeness (QED) is 0.890. The van der Waals surface area contributed by atoms with Gasteiger partial charge < -0.3 is 15.6 Å². The fraction of sp³-hybridized carbons (Fsp3) is 0.571. The first-order valence-corrected chi connectivity index (χ1v) is 7.49. The van der Waals surface area contributed by atoms with Crippen LogP contribution in [-0.2, 0) is 4.74 Å². The van der Waals surface area contributed by atoms with E-state index in [2.05, 4.69) is 27.8 Å². The summed E-state index contributed by atoms with van der Waals surface area (Å²) in [5.74, 6) is 0.353. The predicted octanol–water partition coefficient (Wildman–Crippen LogP) is 2.27. The van der Waals surface area contributed by atoms with Crippen molar-refractivity contribution in [3.63, 3.8) is 0 Å². The Morgan fingerprint density at radius 1 is 1.58 bits per heavy atom. The van der Waals surface area contributed by atoms with Gasteiger partial charge in [0.15, 0.2) is 0 Å². The van der Waals surface area contributed by atoms with Crippen molar-refractivity contribution in [3.8, 4) is 5.75 Å². The number of hydrogen-bond donors (Lipinski definition) is 2. The summed E-state index contributed by atoms with van der Waals surface area (Å²) in [4.78, 5) is 2.35. The summed E-state index contributed by atoms with van der Waals surface area (Å²) < 4.78 is 6.59. The molecule has 2 rings (SSSR count). The topological polar surface area (TPSA) is 58.7 Å². The van der Waals surface area contributed by atoms with Crippen molar-refractivity contribution >= 4 is 15.9 Å². The van der Waals surface area contributed by atoms with Crippen molar-refractivity contribution in [2.75, 3.05) is 26.2 Å². The third-order valence-electron chi connectivity index (χ3n) is 3.61. The molecular weight excluding hydrogens is 308 g/mol. The molecule has 1 aromatic carbocycles. The van der Waals surface area contributed by atoms with Crippen molar-refractivity contribution in [1.82, 2.24) is 4.90 Å². The van der Waals surface area contributed by atoms with E-state index in [1.165, 1.54) is 0 Å². The van der Waals surface area contributed by atoms with Gasteiger partial charge in [0.25, 0.3) is 0 Å². The van der Waals surface area contributed by atoms with Gasteiger partial charge in [-0.25, -0.2) is 0 Å². The first-order chi connectivity index (χ1) is 9.15. The van der Waals surface area contributed by atoms with Gasteiger partial charge in [0.05, 0.1) is 12.7 Å². The number of phenolic OH excluding ortho intramolecular Hbond substituents is 1. The summed E-state index contributed by atoms with van der Waals surface area (Å²) in [6.07, 6.45) is 1.04. The monoisotopic (exact) mass is 328 g/mol. The van der Waals surface area contributed by atoms with E-state index in [0.717, 1.165) is 29.5 Å². The Hall–Kier alpha value is -0.620. The lowest BCUT2D eigenvalue weighted by molar-refractivity contribution is -0.0398. The van der Waals surface area contributed by atoms with E-state index in [9.17, 15) is 5.11 Å². The van der Waals surface area contributed by atoms with Gasteiger partial charge in [0.2, 0.25) is 0 Å². The minimum absolute atomic E-state index is 0.0945. The zero-order valence-corrected chi connectivity index (χ0v) is 12.8. The molecule has 19 heavy (non-hydrogen) atoms. The second kappa shape index (κ2) is 6.70. The molecule has 1 fully saturated rings. The van der Waals surface area contributed by atoms with Gasteiger partial charge in [-0.05, 0) is 24.6 Å². The average molecular weight is 329 g/mol. The highest BCUT2D eigenvalue weighted by molar-refractivity contribution is 9.10. The first-order valence-electron chi connectivity index (χ1n) is 6.69. The highest BCUT2D eigenvalue weighted by atomic mass is 79.9. The molecule has 1 aliphatic rings. The van der Waals surface area contributed by atoms with Crippen LogP contribution in [0.1, 0.15) is 24.9 Å². The molecule has 0 bridgehead atoms. The second-order valence-corrected chi connectivity index (χ2v) is 5.77. The number of hydrogen-bond acceptors (Lipinski definition) is 4. The number of benzene rings is 1. The Kier molecular flexibility index (Phi) is 5.21. The summed E-state index contributed by atoms with van der Waals surface area (Å²) in [5, 5.41) is 10.1. The van der Waals surface area contributed by atoms with Gasteiger partial charge in [0, 0.05) is 35.7 Å². The van der Waals surface area contributed by atoms with Gasteiger partial charge in [-0.15, -0.1) is 0 Å². The Bertz CT molecular complexity index is 428. The van der Waals surface area contributed by atoms with E-state index in [1.54, 1.807) is 6.07 Å². The molecule has 2 atom stereocenters. The maximum absolute atomic E-state index is 10.1. The summed E-state index contributed by atoms with van der Waals surface area (Å²) >= 11 is 3.47. The van der Waals surface area contributed by atoms with E-state index in [1.807, 2.05) is 12.1 Å². The minimum atomic E-state index is 0.0945. The first kappa shape index (κ1) is 14.8. The van der Waals surface area contributed by atoms with Crippen LogP contribution in [0.15, 0.2) is 22.7 Å². The zero-order chi connectivity index (χ0) is 13.8. The average Bonchev–Trinajstić information content (AvgIpc) is 2.44. The number of ether oxygens (including phenoxy) is 1. The molecule has 0 radical (unpaired) electrons. The lowest BCUT2D eigenvalue weighted by Crippen LogP contribution is -2.46. The van der Waals surface area contributed by atoms with E-state index in [4.69, 9.17) is 10.5 Å². The third kappa shape index (κ3) is 3.48. The number of morpholine rings is 1. The minimum Gasteiger partial charge on any atom is -0.508 e. The maximum Gasteiger partial charge on any atom is 0.120 e. The molecular formula is C14H21BrN2O2. The molecule has 1 heterocycles. The van der Waals surface area contributed by atoms with Crippen LogP contribution in [-0.4, -0.2) is 42.4 Å². The molecule has 3 N–H and O–H groups in total. The van der Waals surface area contributed by atoms with E-state index < -0.39 is 0 Å². The molecule has 1 aliphatic heterocycles. The highest BCUT2D eigenvalue weighted by Gasteiger charge is 2.27. The van der Waals surface area contributed by atoms with Gasteiger partial charge in [-0.3, -0.25) is 4.90 Å². The normalized spacial score (nSPS) is 22.4. The molecule has 2 unspecified atom stereocenters. The lowest BCUT2D eigenvalue weighted by atomic mass is 10.0. The smallest absolute Gasteiger partial charge is 0.120 e. The Labute approximate surface area is 122 Å². The molecule has 0 spiro atoms. The van der Waals surface area contributed by atoms with Crippen molar-refractivity contribution in [2.24, 2.45) is 5.73 Å². The molecule has 0 amide bonds. The third-order valence-corrected chi connectivity index (χ3v) is 4.10. The predicted molar refractivity (Wildman–Crippen MR) is 79.2 cm³/mol. The zero-order valence-electron chi connectivity index (χ0n) is 11.2. The number of halogens is 1. The second-order valence-electron chi connectivity index (χ2n) is 4.85. The Morgan fingerprint density at radius 2 is 2.37 bits per heavy atom. The van der Waals surface area contributed by atoms with Crippen LogP contribution >= 0.6 is 15.9 Å². The Balaban J connectivity index is 2.21. The number of nitrogens with two attached hydrogens (primary N) is 1. The SMILES string of the molecule is CCC(c1cc(Br)ccc1O)N1CCOC(CN)C1. The number of nitrogens with zero attached hydrogens (tertiary/aromatic N) is 1. The van der Waals surface area contributed by atoms with Crippen molar-refractivity contribution < 1.29 is 9.84 Å². The van der Waals surface area contributed by atoms with Crippen LogP contribution in [0.2, 0.25) is 0 Å². The van der Waals surface area contributed by atoms with Crippen LogP contribution < -0.4 is 5.73 Å². The molecule has 1 aromatic rings. The van der Waals surface area contributed by atoms with E-state index in [-0.39, 0.29) is 12.1 Å². The molecule has 0 aliphatic carbocycles. The summed E-state index contributed by atoms with van der Waals surface area (Å²) in [6.45, 7) is 5.07. The Morgan fingerprint density at radius 3 is 3.05 bits per heavy atom. The van der Waals surface area contributed by atoms with Crippen molar-refractivity contribution in [1.29, 1.82) is 0 Å². The van der Waals surface area contributed by atoms with Crippen LogP contribution in [0.5, 0.6) is 5.75 Å². The summed E-state index contributed by atoms with van der Waals surface area (Å²) in [6, 6.07) is 5.79. The molecule has 1 saturated heterocycles. The maximum atomic E-state index is 10.1. The summed E-state index contributed by atoms with van der Waals surface area (Å²) in [7, 11) is 0. The van der Waals surface area contributed by atoms with Gasteiger partial charge >= 0.3 is 0 Å².